The van der Waals surface area contributed by atoms with Crippen LogP contribution in [0.2, 0.25) is 0 Å². The minimum Gasteiger partial charge on any atom is -0.383 e. The van der Waals surface area contributed by atoms with E-state index in [0.29, 0.717) is 31.2 Å². The Hall–Kier alpha value is -2.14. The number of alkyl halides is 2. The Morgan fingerprint density at radius 1 is 1.15 bits per heavy atom. The number of ketones is 2. The van der Waals surface area contributed by atoms with Gasteiger partial charge in [-0.3, -0.25) is 9.59 Å². The SMILES string of the molecule is CCC(F)(F)[C@]1(O)CC[C@H]2[C@@H]3CCC4=CC(=O)CCC4=C3[C@@H](c3ccc(C(C)=O)cc3)C[C@@]21C. The van der Waals surface area contributed by atoms with Crippen molar-refractivity contribution in [2.24, 2.45) is 17.3 Å². The summed E-state index contributed by atoms with van der Waals surface area (Å²) in [4.78, 5) is 24.0. The molecule has 3 nitrogen and oxygen atoms in total. The van der Waals surface area contributed by atoms with Gasteiger partial charge in [0.2, 0.25) is 0 Å². The first-order valence-corrected chi connectivity index (χ1v) is 12.7. The number of benzene rings is 1. The molecule has 1 N–H and O–H groups in total. The van der Waals surface area contributed by atoms with E-state index in [1.165, 1.54) is 25.0 Å². The molecule has 1 aromatic rings. The molecule has 182 valence electrons. The number of fused-ring (bicyclic) bond motifs is 4. The number of carbonyl (C=O) groups excluding carboxylic acids is 2. The zero-order chi connectivity index (χ0) is 24.5. The third-order valence-electron chi connectivity index (χ3n) is 9.66. The normalized spacial score (nSPS) is 35.4. The lowest BCUT2D eigenvalue weighted by Gasteiger charge is -2.56. The fraction of sp³-hybridized carbons (Fsp3) is 0.586. The van der Waals surface area contributed by atoms with Crippen LogP contribution in [0.15, 0.2) is 47.1 Å². The topological polar surface area (TPSA) is 54.4 Å². The molecule has 34 heavy (non-hydrogen) atoms. The second-order valence-electron chi connectivity index (χ2n) is 11.1. The second-order valence-corrected chi connectivity index (χ2v) is 11.1. The van der Waals surface area contributed by atoms with Gasteiger partial charge in [0.05, 0.1) is 0 Å². The molecule has 0 spiro atoms. The lowest BCUT2D eigenvalue weighted by atomic mass is 9.50. The summed E-state index contributed by atoms with van der Waals surface area (Å²) in [5, 5.41) is 11.6. The number of Topliss-reactive ketones (excluding diaryl/α,β-unsaturated/α-hetero) is 1. The minimum atomic E-state index is -3.15. The molecule has 2 fully saturated rings. The molecule has 5 rings (SSSR count). The Bertz CT molecular complexity index is 1100. The van der Waals surface area contributed by atoms with Gasteiger partial charge in [0.15, 0.2) is 11.6 Å². The summed E-state index contributed by atoms with van der Waals surface area (Å²) in [7, 11) is 0. The van der Waals surface area contributed by atoms with Crippen LogP contribution in [0, 0.1) is 17.3 Å². The van der Waals surface area contributed by atoms with Gasteiger partial charge in [-0.2, -0.15) is 0 Å². The van der Waals surface area contributed by atoms with Crippen molar-refractivity contribution in [3.05, 3.63) is 58.2 Å². The van der Waals surface area contributed by atoms with Gasteiger partial charge in [0.1, 0.15) is 5.60 Å². The molecule has 0 bridgehead atoms. The van der Waals surface area contributed by atoms with E-state index < -0.39 is 16.9 Å². The molecule has 0 aromatic heterocycles. The van der Waals surface area contributed by atoms with Gasteiger partial charge < -0.3 is 5.11 Å². The van der Waals surface area contributed by atoms with E-state index >= 15 is 8.78 Å². The van der Waals surface area contributed by atoms with Gasteiger partial charge in [-0.15, -0.1) is 0 Å². The summed E-state index contributed by atoms with van der Waals surface area (Å²) in [5.41, 5.74) is 2.33. The first-order chi connectivity index (χ1) is 16.0. The van der Waals surface area contributed by atoms with Crippen molar-refractivity contribution in [1.82, 2.24) is 0 Å². The summed E-state index contributed by atoms with van der Waals surface area (Å²) in [6.07, 6.45) is 5.39. The fourth-order valence-electron chi connectivity index (χ4n) is 7.81. The van der Waals surface area contributed by atoms with Gasteiger partial charge in [0.25, 0.3) is 5.92 Å². The Morgan fingerprint density at radius 3 is 2.50 bits per heavy atom. The highest BCUT2D eigenvalue weighted by molar-refractivity contribution is 5.94. The van der Waals surface area contributed by atoms with Crippen LogP contribution in [0.5, 0.6) is 0 Å². The van der Waals surface area contributed by atoms with Crippen LogP contribution in [0.4, 0.5) is 8.78 Å². The summed E-state index contributed by atoms with van der Waals surface area (Å²) in [5.74, 6) is -3.00. The van der Waals surface area contributed by atoms with Crippen LogP contribution in [0.25, 0.3) is 0 Å². The van der Waals surface area contributed by atoms with Crippen molar-refractivity contribution in [2.75, 3.05) is 0 Å². The minimum absolute atomic E-state index is 0.00986. The molecule has 0 amide bonds. The third-order valence-corrected chi connectivity index (χ3v) is 9.66. The molecule has 5 heteroatoms. The summed E-state index contributed by atoms with van der Waals surface area (Å²) in [6, 6.07) is 7.54. The van der Waals surface area contributed by atoms with Gasteiger partial charge in [-0.1, -0.05) is 43.7 Å². The van der Waals surface area contributed by atoms with E-state index in [-0.39, 0.29) is 42.2 Å². The lowest BCUT2D eigenvalue weighted by molar-refractivity contribution is -0.238. The molecule has 1 aromatic carbocycles. The number of carbonyl (C=O) groups is 2. The van der Waals surface area contributed by atoms with Crippen LogP contribution in [0.1, 0.15) is 94.0 Å². The predicted octanol–water partition coefficient (Wildman–Crippen LogP) is 6.57. The molecule has 2 saturated carbocycles. The molecule has 4 aliphatic rings. The molecule has 0 unspecified atom stereocenters. The number of halogens is 2. The maximum absolute atomic E-state index is 15.3. The first-order valence-electron chi connectivity index (χ1n) is 12.7. The van der Waals surface area contributed by atoms with E-state index in [9.17, 15) is 14.7 Å². The monoisotopic (exact) mass is 468 g/mol. The molecule has 0 aliphatic heterocycles. The lowest BCUT2D eigenvalue weighted by Crippen LogP contribution is -2.60. The van der Waals surface area contributed by atoms with Gasteiger partial charge >= 0.3 is 0 Å². The molecule has 0 heterocycles. The van der Waals surface area contributed by atoms with Crippen molar-refractivity contribution in [3.63, 3.8) is 0 Å². The van der Waals surface area contributed by atoms with Gasteiger partial charge in [-0.05, 0) is 80.1 Å². The van der Waals surface area contributed by atoms with Crippen molar-refractivity contribution in [2.45, 2.75) is 89.6 Å². The van der Waals surface area contributed by atoms with Crippen molar-refractivity contribution in [3.8, 4) is 0 Å². The zero-order valence-corrected chi connectivity index (χ0v) is 20.3. The Kier molecular flexibility index (Phi) is 5.51. The van der Waals surface area contributed by atoms with Crippen LogP contribution in [-0.2, 0) is 4.79 Å². The summed E-state index contributed by atoms with van der Waals surface area (Å²) in [6.45, 7) is 4.88. The maximum Gasteiger partial charge on any atom is 0.276 e. The Labute approximate surface area is 200 Å². The summed E-state index contributed by atoms with van der Waals surface area (Å²) >= 11 is 0. The standard InChI is InChI=1S/C29H34F2O3/c1-4-29(30,31)28(34)14-13-25-23-11-9-20-15-21(33)10-12-22(20)26(23)24(16-27(25,28)3)19-7-5-18(6-8-19)17(2)32/h5-8,15,23-25,34H,4,9-14,16H2,1-3H3/t23-,24+,25-,27-,28-/m0/s1. The average Bonchev–Trinajstić information content (AvgIpc) is 3.10. The first kappa shape index (κ1) is 23.6. The molecular weight excluding hydrogens is 434 g/mol. The number of aliphatic hydroxyl groups is 1. The number of allylic oxidation sites excluding steroid dienone is 4. The Morgan fingerprint density at radius 2 is 1.85 bits per heavy atom. The highest BCUT2D eigenvalue weighted by Gasteiger charge is 2.70. The number of rotatable bonds is 4. The average molecular weight is 469 g/mol. The van der Waals surface area contributed by atoms with Crippen molar-refractivity contribution < 1.29 is 23.5 Å². The zero-order valence-electron chi connectivity index (χ0n) is 20.3. The largest absolute Gasteiger partial charge is 0.383 e. The molecule has 0 saturated heterocycles. The fourth-order valence-corrected chi connectivity index (χ4v) is 7.81. The summed E-state index contributed by atoms with van der Waals surface area (Å²) < 4.78 is 30.6. The smallest absolute Gasteiger partial charge is 0.276 e. The van der Waals surface area contributed by atoms with Gasteiger partial charge in [0, 0.05) is 29.7 Å². The van der Waals surface area contributed by atoms with E-state index in [1.54, 1.807) is 6.08 Å². The van der Waals surface area contributed by atoms with Crippen LogP contribution in [-0.4, -0.2) is 28.2 Å². The second kappa shape index (κ2) is 7.94. The van der Waals surface area contributed by atoms with Crippen LogP contribution in [0.3, 0.4) is 0 Å². The van der Waals surface area contributed by atoms with Gasteiger partial charge in [-0.25, -0.2) is 8.78 Å². The quantitative estimate of drug-likeness (QED) is 0.509. The molecule has 5 atom stereocenters. The molecular formula is C29H34F2O3. The predicted molar refractivity (Wildman–Crippen MR) is 127 cm³/mol. The number of hydrogen-bond acceptors (Lipinski definition) is 3. The number of hydrogen-bond donors (Lipinski definition) is 1. The van der Waals surface area contributed by atoms with E-state index in [4.69, 9.17) is 0 Å². The van der Waals surface area contributed by atoms with Crippen LogP contribution < -0.4 is 0 Å². The maximum atomic E-state index is 15.3. The molecule has 0 radical (unpaired) electrons. The van der Waals surface area contributed by atoms with E-state index in [0.717, 1.165) is 24.0 Å². The Balaban J connectivity index is 1.68. The van der Waals surface area contributed by atoms with E-state index in [1.807, 2.05) is 31.2 Å². The van der Waals surface area contributed by atoms with Crippen molar-refractivity contribution in [1.29, 1.82) is 0 Å². The third kappa shape index (κ3) is 3.22. The van der Waals surface area contributed by atoms with Crippen molar-refractivity contribution >= 4 is 11.6 Å². The highest BCUT2D eigenvalue weighted by atomic mass is 19.3. The van der Waals surface area contributed by atoms with E-state index in [2.05, 4.69) is 0 Å². The highest BCUT2D eigenvalue weighted by Crippen LogP contribution is 2.69. The molecule has 4 aliphatic carbocycles. The van der Waals surface area contributed by atoms with Crippen LogP contribution >= 0.6 is 0 Å².